The SMILES string of the molecule is CCn1nc(C)c(Cl)c1CC(=O)C(N)CCOC. The third kappa shape index (κ3) is 3.54. The molecule has 6 heteroatoms. The normalized spacial score (nSPS) is 12.7. The van der Waals surface area contributed by atoms with Crippen molar-refractivity contribution in [3.8, 4) is 0 Å². The van der Waals surface area contributed by atoms with Crippen LogP contribution in [0.1, 0.15) is 24.7 Å². The summed E-state index contributed by atoms with van der Waals surface area (Å²) in [6, 6.07) is -0.512. The minimum atomic E-state index is -0.512. The van der Waals surface area contributed by atoms with E-state index in [9.17, 15) is 4.79 Å². The van der Waals surface area contributed by atoms with Gasteiger partial charge >= 0.3 is 0 Å². The van der Waals surface area contributed by atoms with Crippen molar-refractivity contribution in [2.24, 2.45) is 5.73 Å². The maximum Gasteiger partial charge on any atom is 0.155 e. The minimum absolute atomic E-state index is 0.0384. The molecule has 1 aromatic rings. The van der Waals surface area contributed by atoms with Crippen LogP contribution in [0.2, 0.25) is 5.02 Å². The van der Waals surface area contributed by atoms with Gasteiger partial charge in [-0.15, -0.1) is 0 Å². The fraction of sp³-hybridized carbons (Fsp3) is 0.667. The number of nitrogens with two attached hydrogens (primary N) is 1. The van der Waals surface area contributed by atoms with Crippen LogP contribution in [0.3, 0.4) is 0 Å². The van der Waals surface area contributed by atoms with Crippen molar-refractivity contribution in [1.29, 1.82) is 0 Å². The van der Waals surface area contributed by atoms with Gasteiger partial charge in [-0.2, -0.15) is 5.10 Å². The number of aryl methyl sites for hydroxylation is 2. The molecule has 0 spiro atoms. The lowest BCUT2D eigenvalue weighted by Crippen LogP contribution is -2.33. The number of rotatable bonds is 7. The number of hydrogen-bond donors (Lipinski definition) is 1. The second-order valence-corrected chi connectivity index (χ2v) is 4.57. The Balaban J connectivity index is 2.75. The lowest BCUT2D eigenvalue weighted by molar-refractivity contribution is -0.120. The number of carbonyl (C=O) groups is 1. The molecule has 102 valence electrons. The number of carbonyl (C=O) groups excluding carboxylic acids is 1. The van der Waals surface area contributed by atoms with Crippen LogP contribution in [0.4, 0.5) is 0 Å². The van der Waals surface area contributed by atoms with Crippen molar-refractivity contribution in [2.75, 3.05) is 13.7 Å². The van der Waals surface area contributed by atoms with Gasteiger partial charge < -0.3 is 10.5 Å². The first-order chi connectivity index (χ1) is 8.51. The number of methoxy groups -OCH3 is 1. The van der Waals surface area contributed by atoms with Crippen LogP contribution < -0.4 is 5.73 Å². The third-order valence-corrected chi connectivity index (χ3v) is 3.33. The molecule has 0 aromatic carbocycles. The van der Waals surface area contributed by atoms with Gasteiger partial charge in [-0.1, -0.05) is 11.6 Å². The van der Waals surface area contributed by atoms with E-state index in [1.54, 1.807) is 11.8 Å². The van der Waals surface area contributed by atoms with E-state index in [1.165, 1.54) is 0 Å². The number of nitrogens with zero attached hydrogens (tertiary/aromatic N) is 2. The summed E-state index contributed by atoms with van der Waals surface area (Å²) in [5.74, 6) is -0.0384. The molecule has 0 aliphatic heterocycles. The highest BCUT2D eigenvalue weighted by molar-refractivity contribution is 6.32. The Morgan fingerprint density at radius 3 is 2.83 bits per heavy atom. The van der Waals surface area contributed by atoms with E-state index in [2.05, 4.69) is 5.10 Å². The van der Waals surface area contributed by atoms with E-state index >= 15 is 0 Å². The highest BCUT2D eigenvalue weighted by Gasteiger charge is 2.19. The van der Waals surface area contributed by atoms with E-state index in [0.717, 1.165) is 11.4 Å². The molecule has 0 amide bonds. The zero-order valence-corrected chi connectivity index (χ0v) is 11.8. The van der Waals surface area contributed by atoms with Crippen molar-refractivity contribution in [2.45, 2.75) is 39.3 Å². The van der Waals surface area contributed by atoms with Gasteiger partial charge in [-0.3, -0.25) is 9.48 Å². The molecule has 1 heterocycles. The first-order valence-corrected chi connectivity index (χ1v) is 6.38. The maximum absolute atomic E-state index is 12.0. The predicted molar refractivity (Wildman–Crippen MR) is 70.8 cm³/mol. The molecule has 5 nitrogen and oxygen atoms in total. The zero-order valence-electron chi connectivity index (χ0n) is 11.1. The summed E-state index contributed by atoms with van der Waals surface area (Å²) in [6.45, 7) is 4.95. The number of aromatic nitrogens is 2. The number of halogens is 1. The van der Waals surface area contributed by atoms with Crippen LogP contribution in [0, 0.1) is 6.92 Å². The summed E-state index contributed by atoms with van der Waals surface area (Å²) in [6.07, 6.45) is 0.741. The smallest absolute Gasteiger partial charge is 0.155 e. The van der Waals surface area contributed by atoms with Crippen LogP contribution in [0.5, 0.6) is 0 Å². The summed E-state index contributed by atoms with van der Waals surface area (Å²) in [5, 5.41) is 4.83. The van der Waals surface area contributed by atoms with E-state index in [4.69, 9.17) is 22.1 Å². The van der Waals surface area contributed by atoms with Crippen LogP contribution in [0.25, 0.3) is 0 Å². The van der Waals surface area contributed by atoms with Gasteiger partial charge in [0.2, 0.25) is 0 Å². The van der Waals surface area contributed by atoms with Crippen LogP contribution >= 0.6 is 11.6 Å². The van der Waals surface area contributed by atoms with Gasteiger partial charge in [-0.05, 0) is 20.3 Å². The van der Waals surface area contributed by atoms with E-state index < -0.39 is 6.04 Å². The Hall–Kier alpha value is -0.910. The number of Topliss-reactive ketones (excluding diaryl/α,β-unsaturated/α-hetero) is 1. The second-order valence-electron chi connectivity index (χ2n) is 4.19. The number of hydrogen-bond acceptors (Lipinski definition) is 4. The standard InChI is InChI=1S/C12H20ClN3O2/c1-4-16-10(12(13)8(2)15-16)7-11(17)9(14)5-6-18-3/h9H,4-7,14H2,1-3H3. The summed E-state index contributed by atoms with van der Waals surface area (Å²) >= 11 is 6.14. The first-order valence-electron chi connectivity index (χ1n) is 6.00. The maximum atomic E-state index is 12.0. The molecule has 0 bridgehead atoms. The van der Waals surface area contributed by atoms with Crippen molar-refractivity contribution < 1.29 is 9.53 Å². The minimum Gasteiger partial charge on any atom is -0.385 e. The molecule has 0 radical (unpaired) electrons. The molecule has 0 aliphatic rings. The monoisotopic (exact) mass is 273 g/mol. The van der Waals surface area contributed by atoms with E-state index in [1.807, 2.05) is 13.8 Å². The second kappa shape index (κ2) is 6.87. The molecule has 0 saturated heterocycles. The number of ketones is 1. The highest BCUT2D eigenvalue weighted by Crippen LogP contribution is 2.21. The number of ether oxygens (including phenoxy) is 1. The molecule has 0 fully saturated rings. The predicted octanol–water partition coefficient (Wildman–Crippen LogP) is 1.34. The van der Waals surface area contributed by atoms with E-state index in [0.29, 0.717) is 24.6 Å². The summed E-state index contributed by atoms with van der Waals surface area (Å²) in [4.78, 5) is 12.0. The van der Waals surface area contributed by atoms with Crippen molar-refractivity contribution in [3.63, 3.8) is 0 Å². The summed E-state index contributed by atoms with van der Waals surface area (Å²) in [7, 11) is 1.59. The molecule has 1 rings (SSSR count). The average molecular weight is 274 g/mol. The molecule has 0 aliphatic carbocycles. The fourth-order valence-corrected chi connectivity index (χ4v) is 1.94. The van der Waals surface area contributed by atoms with E-state index in [-0.39, 0.29) is 12.2 Å². The van der Waals surface area contributed by atoms with Crippen molar-refractivity contribution >= 4 is 17.4 Å². The third-order valence-electron chi connectivity index (χ3n) is 2.84. The summed E-state index contributed by atoms with van der Waals surface area (Å²) < 4.78 is 6.66. The molecule has 1 atom stereocenters. The molecular formula is C12H20ClN3O2. The quantitative estimate of drug-likeness (QED) is 0.814. The lowest BCUT2D eigenvalue weighted by Gasteiger charge is -2.11. The van der Waals surface area contributed by atoms with Gasteiger partial charge in [0.1, 0.15) is 0 Å². The zero-order chi connectivity index (χ0) is 13.7. The Morgan fingerprint density at radius 1 is 1.61 bits per heavy atom. The molecule has 1 unspecified atom stereocenters. The Labute approximate surface area is 112 Å². The fourth-order valence-electron chi connectivity index (χ4n) is 1.74. The van der Waals surface area contributed by atoms with Crippen LogP contribution in [0.15, 0.2) is 0 Å². The topological polar surface area (TPSA) is 70.1 Å². The lowest BCUT2D eigenvalue weighted by atomic mass is 10.1. The highest BCUT2D eigenvalue weighted by atomic mass is 35.5. The summed E-state index contributed by atoms with van der Waals surface area (Å²) in [5.41, 5.74) is 7.28. The van der Waals surface area contributed by atoms with Crippen molar-refractivity contribution in [3.05, 3.63) is 16.4 Å². The van der Waals surface area contributed by atoms with Gasteiger partial charge in [-0.25, -0.2) is 0 Å². The molecule has 18 heavy (non-hydrogen) atoms. The van der Waals surface area contributed by atoms with Crippen LogP contribution in [-0.4, -0.2) is 35.3 Å². The van der Waals surface area contributed by atoms with Gasteiger partial charge in [0, 0.05) is 20.3 Å². The van der Waals surface area contributed by atoms with Crippen LogP contribution in [-0.2, 0) is 22.5 Å². The molecular weight excluding hydrogens is 254 g/mol. The van der Waals surface area contributed by atoms with Crippen molar-refractivity contribution in [1.82, 2.24) is 9.78 Å². The molecule has 1 aromatic heterocycles. The average Bonchev–Trinajstić information content (AvgIpc) is 2.63. The Bertz CT molecular complexity index is 418. The molecule has 2 N–H and O–H groups in total. The molecule has 0 saturated carbocycles. The Kier molecular flexibility index (Phi) is 5.78. The Morgan fingerprint density at radius 2 is 2.28 bits per heavy atom. The van der Waals surface area contributed by atoms with Gasteiger partial charge in [0.25, 0.3) is 0 Å². The van der Waals surface area contributed by atoms with Gasteiger partial charge in [0.15, 0.2) is 5.78 Å². The van der Waals surface area contributed by atoms with Gasteiger partial charge in [0.05, 0.1) is 28.9 Å². The largest absolute Gasteiger partial charge is 0.385 e. The first kappa shape index (κ1) is 15.1.